The van der Waals surface area contributed by atoms with Gasteiger partial charge in [0, 0.05) is 0 Å². The number of nitrogens with zero attached hydrogens (tertiary/aromatic N) is 2. The lowest BCUT2D eigenvalue weighted by Crippen LogP contribution is -2.37. The molecule has 0 aromatic carbocycles. The molecule has 0 aliphatic heterocycles. The van der Waals surface area contributed by atoms with Crippen molar-refractivity contribution in [2.45, 2.75) is 57.9 Å². The largest absolute Gasteiger partial charge is 0.444 e. The van der Waals surface area contributed by atoms with Gasteiger partial charge in [-0.05, 0) is 32.9 Å². The first-order chi connectivity index (χ1) is 9.26. The topological polar surface area (TPSA) is 77.2 Å². The molecule has 0 fully saturated rings. The van der Waals surface area contributed by atoms with Crippen LogP contribution in [0.4, 0.5) is 4.79 Å². The van der Waals surface area contributed by atoms with Crippen LogP contribution in [-0.2, 0) is 4.74 Å². The van der Waals surface area contributed by atoms with E-state index in [1.807, 2.05) is 40.9 Å². The lowest BCUT2D eigenvalue weighted by Gasteiger charge is -2.24. The maximum atomic E-state index is 11.9. The van der Waals surface area contributed by atoms with Gasteiger partial charge >= 0.3 is 6.09 Å². The van der Waals surface area contributed by atoms with Crippen molar-refractivity contribution < 1.29 is 13.9 Å². The Labute approximate surface area is 124 Å². The minimum Gasteiger partial charge on any atom is -0.444 e. The molecule has 0 radical (unpaired) electrons. The molecular formula is C13H23N3O3S. The number of aromatic nitrogens is 2. The summed E-state index contributed by atoms with van der Waals surface area (Å²) in [6, 6.07) is -0.344. The van der Waals surface area contributed by atoms with E-state index < -0.39 is 11.7 Å². The number of amides is 1. The van der Waals surface area contributed by atoms with Gasteiger partial charge in [-0.25, -0.2) is 4.79 Å². The summed E-state index contributed by atoms with van der Waals surface area (Å²) >= 11 is 1.37. The van der Waals surface area contributed by atoms with Gasteiger partial charge in [0.1, 0.15) is 11.6 Å². The highest BCUT2D eigenvalue weighted by Crippen LogP contribution is 2.26. The molecule has 20 heavy (non-hydrogen) atoms. The van der Waals surface area contributed by atoms with Crippen LogP contribution in [0.25, 0.3) is 0 Å². The summed E-state index contributed by atoms with van der Waals surface area (Å²) in [6.07, 6.45) is 2.25. The third-order valence-corrected chi connectivity index (χ3v) is 3.26. The van der Waals surface area contributed by atoms with Gasteiger partial charge in [0.15, 0.2) is 0 Å². The first-order valence-corrected chi connectivity index (χ1v) is 7.86. The maximum Gasteiger partial charge on any atom is 0.408 e. The van der Waals surface area contributed by atoms with Crippen LogP contribution in [0.5, 0.6) is 0 Å². The fourth-order valence-corrected chi connectivity index (χ4v) is 1.84. The summed E-state index contributed by atoms with van der Waals surface area (Å²) in [5.41, 5.74) is -0.538. The maximum absolute atomic E-state index is 11.9. The molecule has 0 unspecified atom stereocenters. The lowest BCUT2D eigenvalue weighted by molar-refractivity contribution is 0.0474. The number of carbonyl (C=O) groups is 1. The van der Waals surface area contributed by atoms with Crippen LogP contribution in [-0.4, -0.2) is 28.1 Å². The van der Waals surface area contributed by atoms with Gasteiger partial charge < -0.3 is 14.5 Å². The van der Waals surface area contributed by atoms with Crippen LogP contribution >= 0.6 is 11.8 Å². The summed E-state index contributed by atoms with van der Waals surface area (Å²) in [5.74, 6) is 0.576. The number of rotatable bonds is 5. The molecule has 0 spiro atoms. The third-order valence-electron chi connectivity index (χ3n) is 2.75. The third kappa shape index (κ3) is 5.03. The fourth-order valence-electron chi connectivity index (χ4n) is 1.55. The van der Waals surface area contributed by atoms with E-state index in [-0.39, 0.29) is 12.0 Å². The second-order valence-electron chi connectivity index (χ2n) is 5.62. The summed E-state index contributed by atoms with van der Waals surface area (Å²) in [7, 11) is 0. The van der Waals surface area contributed by atoms with E-state index in [9.17, 15) is 4.79 Å². The summed E-state index contributed by atoms with van der Waals surface area (Å²) in [6.45, 7) is 9.53. The normalized spacial score (nSPS) is 14.7. The van der Waals surface area contributed by atoms with Crippen LogP contribution in [0.3, 0.4) is 0 Å². The van der Waals surface area contributed by atoms with Gasteiger partial charge in [-0.2, -0.15) is 0 Å². The van der Waals surface area contributed by atoms with Crippen LogP contribution in [0, 0.1) is 5.92 Å². The number of hydrogen-bond acceptors (Lipinski definition) is 6. The first-order valence-electron chi connectivity index (χ1n) is 6.63. The number of ether oxygens (including phenoxy) is 1. The highest BCUT2D eigenvalue weighted by Gasteiger charge is 2.28. The van der Waals surface area contributed by atoms with Crippen LogP contribution in [0.2, 0.25) is 0 Å². The van der Waals surface area contributed by atoms with Crippen molar-refractivity contribution in [1.29, 1.82) is 0 Å². The second-order valence-corrected chi connectivity index (χ2v) is 6.38. The van der Waals surface area contributed by atoms with E-state index in [4.69, 9.17) is 9.15 Å². The van der Waals surface area contributed by atoms with Crippen molar-refractivity contribution in [3.05, 3.63) is 5.89 Å². The molecule has 0 saturated heterocycles. The van der Waals surface area contributed by atoms with Gasteiger partial charge in [0.2, 0.25) is 5.89 Å². The van der Waals surface area contributed by atoms with Gasteiger partial charge in [-0.3, -0.25) is 0 Å². The van der Waals surface area contributed by atoms with E-state index in [0.29, 0.717) is 11.1 Å². The Kier molecular flexibility index (Phi) is 5.86. The molecule has 0 aliphatic carbocycles. The van der Waals surface area contributed by atoms with Crippen molar-refractivity contribution >= 4 is 17.9 Å². The van der Waals surface area contributed by atoms with Crippen LogP contribution < -0.4 is 5.32 Å². The van der Waals surface area contributed by atoms with Gasteiger partial charge in [0.05, 0.1) is 0 Å². The van der Waals surface area contributed by atoms with Crippen molar-refractivity contribution in [2.75, 3.05) is 6.26 Å². The molecule has 114 valence electrons. The Morgan fingerprint density at radius 3 is 2.55 bits per heavy atom. The average Bonchev–Trinajstić information content (AvgIpc) is 2.81. The van der Waals surface area contributed by atoms with Crippen molar-refractivity contribution in [1.82, 2.24) is 15.5 Å². The molecule has 1 rings (SSSR count). The van der Waals surface area contributed by atoms with Crippen LogP contribution in [0.15, 0.2) is 9.64 Å². The summed E-state index contributed by atoms with van der Waals surface area (Å²) < 4.78 is 10.8. The minimum atomic E-state index is -0.538. The average molecular weight is 301 g/mol. The Hall–Kier alpha value is -1.24. The Morgan fingerprint density at radius 1 is 1.45 bits per heavy atom. The molecule has 1 heterocycles. The second kappa shape index (κ2) is 6.97. The monoisotopic (exact) mass is 301 g/mol. The predicted molar refractivity (Wildman–Crippen MR) is 77.6 cm³/mol. The molecule has 0 aliphatic rings. The van der Waals surface area contributed by atoms with Gasteiger partial charge in [-0.15, -0.1) is 10.2 Å². The molecule has 1 aromatic rings. The number of nitrogens with one attached hydrogen (secondary N) is 1. The number of alkyl carbamates (subject to hydrolysis) is 1. The summed E-state index contributed by atoms with van der Waals surface area (Å²) in [5, 5.41) is 11.2. The lowest BCUT2D eigenvalue weighted by atomic mass is 9.99. The van der Waals surface area contributed by atoms with E-state index in [1.165, 1.54) is 11.8 Å². The molecule has 0 saturated carbocycles. The predicted octanol–water partition coefficient (Wildman–Crippen LogP) is 3.40. The van der Waals surface area contributed by atoms with Crippen molar-refractivity contribution in [3.8, 4) is 0 Å². The fraction of sp³-hybridized carbons (Fsp3) is 0.769. The molecule has 7 heteroatoms. The first kappa shape index (κ1) is 16.8. The van der Waals surface area contributed by atoms with E-state index in [2.05, 4.69) is 15.5 Å². The number of carbonyl (C=O) groups excluding carboxylic acids is 1. The van der Waals surface area contributed by atoms with Crippen LogP contribution in [0.1, 0.15) is 53.0 Å². The molecule has 1 N–H and O–H groups in total. The molecule has 1 amide bonds. The molecule has 1 aromatic heterocycles. The highest BCUT2D eigenvalue weighted by molar-refractivity contribution is 7.98. The molecule has 6 nitrogen and oxygen atoms in total. The molecular weight excluding hydrogens is 278 g/mol. The van der Waals surface area contributed by atoms with Gasteiger partial charge in [-0.1, -0.05) is 32.0 Å². The Balaban J connectivity index is 2.82. The smallest absolute Gasteiger partial charge is 0.408 e. The SMILES string of the molecule is CC[C@H](C)[C@H](NC(=O)OC(C)(C)C)c1nnc(SC)o1. The van der Waals surface area contributed by atoms with Crippen molar-refractivity contribution in [2.24, 2.45) is 5.92 Å². The minimum absolute atomic E-state index is 0.165. The molecule has 0 bridgehead atoms. The Bertz CT molecular complexity index is 442. The number of hydrogen-bond donors (Lipinski definition) is 1. The Morgan fingerprint density at radius 2 is 2.10 bits per heavy atom. The quantitative estimate of drug-likeness (QED) is 0.840. The zero-order valence-corrected chi connectivity index (χ0v) is 13.7. The van der Waals surface area contributed by atoms with E-state index in [0.717, 1.165) is 6.42 Å². The zero-order valence-electron chi connectivity index (χ0n) is 12.9. The summed E-state index contributed by atoms with van der Waals surface area (Å²) in [4.78, 5) is 11.9. The van der Waals surface area contributed by atoms with E-state index in [1.54, 1.807) is 0 Å². The van der Waals surface area contributed by atoms with Crippen molar-refractivity contribution in [3.63, 3.8) is 0 Å². The number of thioether (sulfide) groups is 1. The highest BCUT2D eigenvalue weighted by atomic mass is 32.2. The van der Waals surface area contributed by atoms with Gasteiger partial charge in [0.25, 0.3) is 5.22 Å². The molecule has 2 atom stereocenters. The standard InChI is InChI=1S/C13H23N3O3S/c1-7-8(2)9(10-15-16-12(18-10)20-6)14-11(17)19-13(3,4)5/h8-9H,7H2,1-6H3,(H,14,17)/t8-,9-/m0/s1. The van der Waals surface area contributed by atoms with E-state index >= 15 is 0 Å². The zero-order chi connectivity index (χ0) is 15.3.